The number of oxazole rings is 1. The Hall–Kier alpha value is -3.75. The van der Waals surface area contributed by atoms with E-state index in [1.807, 2.05) is 42.2 Å². The van der Waals surface area contributed by atoms with Gasteiger partial charge >= 0.3 is 0 Å². The topological polar surface area (TPSA) is 118 Å². The number of hydrogen-bond donors (Lipinski definition) is 1. The van der Waals surface area contributed by atoms with Gasteiger partial charge in [0.15, 0.2) is 5.89 Å². The van der Waals surface area contributed by atoms with Crippen LogP contribution in [-0.2, 0) is 0 Å². The van der Waals surface area contributed by atoms with Crippen molar-refractivity contribution < 1.29 is 14.0 Å². The van der Waals surface area contributed by atoms with Crippen LogP contribution in [-0.4, -0.2) is 58.9 Å². The van der Waals surface area contributed by atoms with E-state index < -0.39 is 5.91 Å². The second-order valence-corrected chi connectivity index (χ2v) is 8.54. The Balaban J connectivity index is 1.68. The molecular weight excluding hydrogens is 420 g/mol. The van der Waals surface area contributed by atoms with E-state index in [-0.39, 0.29) is 11.8 Å². The predicted octanol–water partition coefficient (Wildman–Crippen LogP) is 2.93. The fraction of sp³-hybridized carbons (Fsp3) is 0.375. The van der Waals surface area contributed by atoms with Crippen molar-refractivity contribution in [2.45, 2.75) is 32.6 Å². The molecular formula is C24H28N6O3. The number of aryl methyl sites for hydroxylation is 2. The summed E-state index contributed by atoms with van der Waals surface area (Å²) in [7, 11) is 3.79. The molecule has 1 saturated heterocycles. The van der Waals surface area contributed by atoms with Crippen molar-refractivity contribution in [1.29, 1.82) is 0 Å². The molecule has 172 valence electrons. The Kier molecular flexibility index (Phi) is 6.13. The molecule has 0 saturated carbocycles. The maximum absolute atomic E-state index is 13.1. The van der Waals surface area contributed by atoms with Crippen molar-refractivity contribution in [1.82, 2.24) is 19.9 Å². The summed E-state index contributed by atoms with van der Waals surface area (Å²) in [5.74, 6) is 0.796. The molecule has 1 aromatic carbocycles. The molecule has 33 heavy (non-hydrogen) atoms. The molecule has 0 bridgehead atoms. The Labute approximate surface area is 192 Å². The van der Waals surface area contributed by atoms with Crippen LogP contribution in [0.25, 0.3) is 11.1 Å². The van der Waals surface area contributed by atoms with Crippen LogP contribution in [0, 0.1) is 13.8 Å². The fourth-order valence-corrected chi connectivity index (χ4v) is 4.21. The monoisotopic (exact) mass is 448 g/mol. The first kappa shape index (κ1) is 22.4. The van der Waals surface area contributed by atoms with Gasteiger partial charge < -0.3 is 20.0 Å². The Bertz CT molecular complexity index is 1190. The lowest BCUT2D eigenvalue weighted by Gasteiger charge is -2.33. The van der Waals surface area contributed by atoms with Gasteiger partial charge in [-0.1, -0.05) is 12.1 Å². The number of nitrogens with two attached hydrogens (primary N) is 1. The van der Waals surface area contributed by atoms with Crippen LogP contribution in [0.3, 0.4) is 0 Å². The second kappa shape index (κ2) is 9.01. The fourth-order valence-electron chi connectivity index (χ4n) is 4.21. The minimum Gasteiger partial charge on any atom is -0.436 e. The molecule has 1 aliphatic heterocycles. The van der Waals surface area contributed by atoms with E-state index in [1.54, 1.807) is 26.0 Å². The Morgan fingerprint density at radius 1 is 1.15 bits per heavy atom. The van der Waals surface area contributed by atoms with E-state index in [0.717, 1.165) is 29.7 Å². The summed E-state index contributed by atoms with van der Waals surface area (Å²) in [5, 5.41) is 0. The molecule has 4 rings (SSSR count). The van der Waals surface area contributed by atoms with E-state index in [0.29, 0.717) is 41.9 Å². The molecule has 1 aliphatic rings. The number of aromatic nitrogens is 3. The summed E-state index contributed by atoms with van der Waals surface area (Å²) in [5.41, 5.74) is 9.08. The van der Waals surface area contributed by atoms with Crippen LogP contribution in [0.4, 0.5) is 5.95 Å². The van der Waals surface area contributed by atoms with Crippen LogP contribution in [0.5, 0.6) is 0 Å². The van der Waals surface area contributed by atoms with Crippen molar-refractivity contribution >= 4 is 17.8 Å². The third-order valence-corrected chi connectivity index (χ3v) is 5.88. The molecule has 9 heteroatoms. The number of carbonyl (C=O) groups is 2. The smallest absolute Gasteiger partial charge is 0.291 e. The number of rotatable bonds is 5. The lowest BCUT2D eigenvalue weighted by atomic mass is 9.89. The normalized spacial score (nSPS) is 16.0. The van der Waals surface area contributed by atoms with Gasteiger partial charge in [0, 0.05) is 57.4 Å². The molecule has 2 aromatic heterocycles. The SMILES string of the molecule is Cc1nc(C)c(C(=O)N2CCC[C@@H](c3nc(N(C)C)ncc3-c3ccc(C(N)=O)cc3)C2)o1. The Morgan fingerprint density at radius 2 is 1.88 bits per heavy atom. The van der Waals surface area contributed by atoms with Crippen molar-refractivity contribution in [3.8, 4) is 11.1 Å². The third-order valence-electron chi connectivity index (χ3n) is 5.88. The van der Waals surface area contributed by atoms with Crippen LogP contribution in [0.2, 0.25) is 0 Å². The molecule has 2 amide bonds. The number of amides is 2. The van der Waals surface area contributed by atoms with Crippen molar-refractivity contribution in [2.24, 2.45) is 5.73 Å². The van der Waals surface area contributed by atoms with Crippen LogP contribution in [0.1, 0.15) is 57.0 Å². The summed E-state index contributed by atoms with van der Waals surface area (Å²) in [6, 6.07) is 7.11. The largest absolute Gasteiger partial charge is 0.436 e. The number of likely N-dealkylation sites (tertiary alicyclic amines) is 1. The van der Waals surface area contributed by atoms with Gasteiger partial charge in [-0.25, -0.2) is 15.0 Å². The first-order valence-corrected chi connectivity index (χ1v) is 10.9. The number of nitrogens with zero attached hydrogens (tertiary/aromatic N) is 5. The lowest BCUT2D eigenvalue weighted by Crippen LogP contribution is -2.39. The van der Waals surface area contributed by atoms with Gasteiger partial charge in [-0.15, -0.1) is 0 Å². The summed E-state index contributed by atoms with van der Waals surface area (Å²) < 4.78 is 5.57. The van der Waals surface area contributed by atoms with Gasteiger partial charge in [0.2, 0.25) is 17.6 Å². The molecule has 0 aliphatic carbocycles. The zero-order valence-corrected chi connectivity index (χ0v) is 19.3. The molecule has 2 N–H and O–H groups in total. The zero-order valence-electron chi connectivity index (χ0n) is 19.3. The summed E-state index contributed by atoms with van der Waals surface area (Å²) in [4.78, 5) is 41.9. The van der Waals surface area contributed by atoms with E-state index in [2.05, 4.69) is 9.97 Å². The van der Waals surface area contributed by atoms with Gasteiger partial charge in [0.05, 0.1) is 11.4 Å². The van der Waals surface area contributed by atoms with Crippen LogP contribution < -0.4 is 10.6 Å². The first-order chi connectivity index (χ1) is 15.7. The number of carbonyl (C=O) groups excluding carboxylic acids is 2. The van der Waals surface area contributed by atoms with Crippen molar-refractivity contribution in [3.63, 3.8) is 0 Å². The standard InChI is InChI=1S/C24H28N6O3/c1-14-21(33-15(2)27-14)23(32)30-11-5-6-18(13-30)20-19(12-26-24(28-20)29(3)4)16-7-9-17(10-8-16)22(25)31/h7-10,12,18H,5-6,11,13H2,1-4H3,(H2,25,31)/t18-/m1/s1. The zero-order chi connectivity index (χ0) is 23.7. The minimum absolute atomic E-state index is 0.0274. The molecule has 0 spiro atoms. The van der Waals surface area contributed by atoms with E-state index >= 15 is 0 Å². The van der Waals surface area contributed by atoms with Crippen LogP contribution in [0.15, 0.2) is 34.9 Å². The highest BCUT2D eigenvalue weighted by Crippen LogP contribution is 2.34. The number of benzene rings is 1. The van der Waals surface area contributed by atoms with Gasteiger partial charge in [-0.3, -0.25) is 9.59 Å². The van der Waals surface area contributed by atoms with Gasteiger partial charge in [0.1, 0.15) is 0 Å². The second-order valence-electron chi connectivity index (χ2n) is 8.54. The summed E-state index contributed by atoms with van der Waals surface area (Å²) >= 11 is 0. The number of hydrogen-bond acceptors (Lipinski definition) is 7. The highest BCUT2D eigenvalue weighted by Gasteiger charge is 2.31. The molecule has 3 heterocycles. The highest BCUT2D eigenvalue weighted by atomic mass is 16.4. The minimum atomic E-state index is -0.472. The molecule has 3 aromatic rings. The number of primary amides is 1. The van der Waals surface area contributed by atoms with Crippen molar-refractivity contribution in [3.05, 3.63) is 59.1 Å². The summed E-state index contributed by atoms with van der Waals surface area (Å²) in [6.07, 6.45) is 3.56. The average molecular weight is 449 g/mol. The predicted molar refractivity (Wildman–Crippen MR) is 124 cm³/mol. The van der Waals surface area contributed by atoms with Gasteiger partial charge in [-0.05, 0) is 37.5 Å². The van der Waals surface area contributed by atoms with Gasteiger partial charge in [-0.2, -0.15) is 0 Å². The van der Waals surface area contributed by atoms with Gasteiger partial charge in [0.25, 0.3) is 5.91 Å². The molecule has 9 nitrogen and oxygen atoms in total. The quantitative estimate of drug-likeness (QED) is 0.637. The molecule has 0 unspecified atom stereocenters. The Morgan fingerprint density at radius 3 is 2.48 bits per heavy atom. The molecule has 0 radical (unpaired) electrons. The number of anilines is 1. The number of piperidine rings is 1. The highest BCUT2D eigenvalue weighted by molar-refractivity contribution is 5.93. The molecule has 1 atom stereocenters. The third kappa shape index (κ3) is 4.57. The van der Waals surface area contributed by atoms with E-state index in [9.17, 15) is 9.59 Å². The lowest BCUT2D eigenvalue weighted by molar-refractivity contribution is 0.0671. The summed E-state index contributed by atoms with van der Waals surface area (Å²) in [6.45, 7) is 4.70. The van der Waals surface area contributed by atoms with E-state index in [1.165, 1.54) is 0 Å². The maximum atomic E-state index is 13.1. The average Bonchev–Trinajstić information content (AvgIpc) is 3.16. The maximum Gasteiger partial charge on any atom is 0.291 e. The first-order valence-electron chi connectivity index (χ1n) is 10.9. The van der Waals surface area contributed by atoms with Crippen LogP contribution >= 0.6 is 0 Å². The van der Waals surface area contributed by atoms with Crippen molar-refractivity contribution in [2.75, 3.05) is 32.1 Å². The van der Waals surface area contributed by atoms with E-state index in [4.69, 9.17) is 15.1 Å². The molecule has 1 fully saturated rings.